The zero-order valence-electron chi connectivity index (χ0n) is 14.2. The average molecular weight is 342 g/mol. The van der Waals surface area contributed by atoms with Gasteiger partial charge in [0, 0.05) is 26.6 Å². The first-order valence-electron chi connectivity index (χ1n) is 8.46. The molecule has 1 aromatic heterocycles. The van der Waals surface area contributed by atoms with Crippen LogP contribution in [0, 0.1) is 5.92 Å². The highest BCUT2D eigenvalue weighted by atomic mass is 16.2. The Morgan fingerprint density at radius 1 is 1.24 bits per heavy atom. The van der Waals surface area contributed by atoms with E-state index in [9.17, 15) is 9.59 Å². The van der Waals surface area contributed by atoms with Crippen LogP contribution in [0.25, 0.3) is 0 Å². The summed E-state index contributed by atoms with van der Waals surface area (Å²) in [5.74, 6) is 0.365. The van der Waals surface area contributed by atoms with Gasteiger partial charge in [-0.2, -0.15) is 0 Å². The Morgan fingerprint density at radius 3 is 2.56 bits per heavy atom. The predicted molar refractivity (Wildman–Crippen MR) is 90.4 cm³/mol. The number of piperidine rings is 1. The summed E-state index contributed by atoms with van der Waals surface area (Å²) < 4.78 is 1.49. The average Bonchev–Trinajstić information content (AvgIpc) is 3.17. The van der Waals surface area contributed by atoms with E-state index in [-0.39, 0.29) is 11.8 Å². The molecule has 3 rings (SSSR count). The smallest absolute Gasteiger partial charge is 0.252 e. The molecule has 1 atom stereocenters. The van der Waals surface area contributed by atoms with E-state index in [0.29, 0.717) is 25.4 Å². The van der Waals surface area contributed by atoms with Gasteiger partial charge < -0.3 is 10.2 Å². The molecule has 2 aromatic rings. The molecule has 8 heteroatoms. The van der Waals surface area contributed by atoms with Crippen LogP contribution in [0.2, 0.25) is 0 Å². The molecule has 0 radical (unpaired) electrons. The first-order valence-corrected chi connectivity index (χ1v) is 8.46. The van der Waals surface area contributed by atoms with Crippen molar-refractivity contribution in [2.75, 3.05) is 20.1 Å². The van der Waals surface area contributed by atoms with Gasteiger partial charge >= 0.3 is 0 Å². The van der Waals surface area contributed by atoms with Gasteiger partial charge in [-0.05, 0) is 34.7 Å². The number of carbonyl (C=O) groups is 2. The number of likely N-dealkylation sites (tertiary alicyclic amines) is 1. The monoisotopic (exact) mass is 342 g/mol. The SMILES string of the molecule is CNC(=O)CC1CCN(C(=O)[C@H](c2ccccc2)n2cnnn2)CC1. The van der Waals surface area contributed by atoms with Crippen LogP contribution in [0.3, 0.4) is 0 Å². The maximum absolute atomic E-state index is 13.1. The number of aromatic nitrogens is 4. The van der Waals surface area contributed by atoms with Gasteiger partial charge in [0.1, 0.15) is 6.33 Å². The second-order valence-corrected chi connectivity index (χ2v) is 6.25. The third-order valence-corrected chi connectivity index (χ3v) is 4.66. The fraction of sp³-hybridized carbons (Fsp3) is 0.471. The largest absolute Gasteiger partial charge is 0.359 e. The molecule has 2 heterocycles. The van der Waals surface area contributed by atoms with Crippen molar-refractivity contribution in [3.8, 4) is 0 Å². The normalized spacial score (nSPS) is 16.4. The zero-order valence-corrected chi connectivity index (χ0v) is 14.2. The lowest BCUT2D eigenvalue weighted by Crippen LogP contribution is -2.43. The number of nitrogens with zero attached hydrogens (tertiary/aromatic N) is 5. The summed E-state index contributed by atoms with van der Waals surface area (Å²) >= 11 is 0. The molecule has 1 saturated heterocycles. The second-order valence-electron chi connectivity index (χ2n) is 6.25. The molecule has 0 spiro atoms. The lowest BCUT2D eigenvalue weighted by Gasteiger charge is -2.34. The Balaban J connectivity index is 1.71. The number of carbonyl (C=O) groups excluding carboxylic acids is 2. The van der Waals surface area contributed by atoms with Gasteiger partial charge in [-0.25, -0.2) is 4.68 Å². The predicted octanol–water partition coefficient (Wildman–Crippen LogP) is 0.637. The topological polar surface area (TPSA) is 93.0 Å². The van der Waals surface area contributed by atoms with Gasteiger partial charge in [0.15, 0.2) is 6.04 Å². The van der Waals surface area contributed by atoms with E-state index < -0.39 is 6.04 Å². The zero-order chi connectivity index (χ0) is 17.6. The minimum atomic E-state index is -0.563. The first kappa shape index (κ1) is 17.1. The minimum absolute atomic E-state index is 0.0168. The van der Waals surface area contributed by atoms with Crippen molar-refractivity contribution in [1.29, 1.82) is 0 Å². The van der Waals surface area contributed by atoms with Crippen LogP contribution in [0.15, 0.2) is 36.7 Å². The van der Waals surface area contributed by atoms with Gasteiger partial charge in [-0.3, -0.25) is 9.59 Å². The summed E-state index contributed by atoms with van der Waals surface area (Å²) in [6, 6.07) is 8.96. The summed E-state index contributed by atoms with van der Waals surface area (Å²) in [5, 5.41) is 13.9. The molecular formula is C17H22N6O2. The van der Waals surface area contributed by atoms with Gasteiger partial charge in [0.25, 0.3) is 5.91 Å². The second kappa shape index (κ2) is 7.87. The summed E-state index contributed by atoms with van der Waals surface area (Å²) in [7, 11) is 1.65. The first-order chi connectivity index (χ1) is 12.2. The van der Waals surface area contributed by atoms with E-state index >= 15 is 0 Å². The summed E-state index contributed by atoms with van der Waals surface area (Å²) in [4.78, 5) is 26.5. The molecule has 2 amide bonds. The lowest BCUT2D eigenvalue weighted by atomic mass is 9.92. The number of nitrogens with one attached hydrogen (secondary N) is 1. The molecule has 25 heavy (non-hydrogen) atoms. The molecule has 1 aromatic carbocycles. The van der Waals surface area contributed by atoms with E-state index in [1.807, 2.05) is 35.2 Å². The van der Waals surface area contributed by atoms with E-state index in [2.05, 4.69) is 20.8 Å². The molecule has 132 valence electrons. The standard InChI is InChI=1S/C17H22N6O2/c1-18-15(24)11-13-7-9-22(10-8-13)17(25)16(23-12-19-20-21-23)14-5-3-2-4-6-14/h2-6,12-13,16H,7-11H2,1H3,(H,18,24)/t16-/m0/s1. The Bertz CT molecular complexity index is 695. The Kier molecular flexibility index (Phi) is 5.37. The van der Waals surface area contributed by atoms with Crippen molar-refractivity contribution in [2.45, 2.75) is 25.3 Å². The fourth-order valence-corrected chi connectivity index (χ4v) is 3.23. The van der Waals surface area contributed by atoms with Gasteiger partial charge in [0.05, 0.1) is 0 Å². The number of tetrazole rings is 1. The van der Waals surface area contributed by atoms with Gasteiger partial charge in [-0.15, -0.1) is 5.10 Å². The van der Waals surface area contributed by atoms with Crippen LogP contribution < -0.4 is 5.32 Å². The lowest BCUT2D eigenvalue weighted by molar-refractivity contribution is -0.135. The highest BCUT2D eigenvalue weighted by Crippen LogP contribution is 2.25. The molecule has 0 unspecified atom stereocenters. The van der Waals surface area contributed by atoms with Crippen LogP contribution in [0.1, 0.15) is 30.9 Å². The molecule has 8 nitrogen and oxygen atoms in total. The van der Waals surface area contributed by atoms with Crippen molar-refractivity contribution in [3.63, 3.8) is 0 Å². The summed E-state index contributed by atoms with van der Waals surface area (Å²) in [5.41, 5.74) is 0.854. The van der Waals surface area contributed by atoms with E-state index in [0.717, 1.165) is 18.4 Å². The summed E-state index contributed by atoms with van der Waals surface area (Å²) in [6.45, 7) is 1.29. The molecule has 0 aliphatic carbocycles. The van der Waals surface area contributed by atoms with Crippen LogP contribution in [0.4, 0.5) is 0 Å². The van der Waals surface area contributed by atoms with E-state index in [1.165, 1.54) is 11.0 Å². The molecule has 0 bridgehead atoms. The quantitative estimate of drug-likeness (QED) is 0.861. The van der Waals surface area contributed by atoms with Crippen LogP contribution in [0.5, 0.6) is 0 Å². The van der Waals surface area contributed by atoms with Crippen molar-refractivity contribution >= 4 is 11.8 Å². The third-order valence-electron chi connectivity index (χ3n) is 4.66. The van der Waals surface area contributed by atoms with Crippen molar-refractivity contribution < 1.29 is 9.59 Å². The molecule has 1 aliphatic heterocycles. The van der Waals surface area contributed by atoms with Crippen molar-refractivity contribution in [2.24, 2.45) is 5.92 Å². The van der Waals surface area contributed by atoms with E-state index in [1.54, 1.807) is 7.05 Å². The molecule has 1 N–H and O–H groups in total. The molecule has 1 fully saturated rings. The van der Waals surface area contributed by atoms with Crippen LogP contribution >= 0.6 is 0 Å². The molecule has 1 aliphatic rings. The summed E-state index contributed by atoms with van der Waals surface area (Å²) in [6.07, 6.45) is 3.65. The number of hydrogen-bond acceptors (Lipinski definition) is 5. The number of rotatable bonds is 5. The van der Waals surface area contributed by atoms with Crippen molar-refractivity contribution in [1.82, 2.24) is 30.4 Å². The molecular weight excluding hydrogens is 320 g/mol. The Hall–Kier alpha value is -2.77. The van der Waals surface area contributed by atoms with Gasteiger partial charge in [-0.1, -0.05) is 30.3 Å². The highest BCUT2D eigenvalue weighted by Gasteiger charge is 2.31. The molecule has 0 saturated carbocycles. The number of amides is 2. The number of hydrogen-bond donors (Lipinski definition) is 1. The third kappa shape index (κ3) is 4.01. The van der Waals surface area contributed by atoms with Crippen LogP contribution in [-0.2, 0) is 9.59 Å². The van der Waals surface area contributed by atoms with Crippen molar-refractivity contribution in [3.05, 3.63) is 42.2 Å². The number of benzene rings is 1. The minimum Gasteiger partial charge on any atom is -0.359 e. The maximum atomic E-state index is 13.1. The Morgan fingerprint density at radius 2 is 1.96 bits per heavy atom. The van der Waals surface area contributed by atoms with E-state index in [4.69, 9.17) is 0 Å². The maximum Gasteiger partial charge on any atom is 0.252 e. The highest BCUT2D eigenvalue weighted by molar-refractivity contribution is 5.83. The fourth-order valence-electron chi connectivity index (χ4n) is 3.23. The van der Waals surface area contributed by atoms with Crippen LogP contribution in [-0.4, -0.2) is 57.1 Å². The van der Waals surface area contributed by atoms with Gasteiger partial charge in [0.2, 0.25) is 5.91 Å². The Labute approximate surface area is 146 Å².